The maximum absolute atomic E-state index is 5.43. The Morgan fingerprint density at radius 2 is 2.45 bits per heavy atom. The van der Waals surface area contributed by atoms with Gasteiger partial charge >= 0.3 is 0 Å². The number of pyridine rings is 1. The quantitative estimate of drug-likeness (QED) is 0.556. The predicted octanol–water partition coefficient (Wildman–Crippen LogP) is 1.26. The van der Waals surface area contributed by atoms with Gasteiger partial charge < -0.3 is 9.64 Å². The molecule has 0 amide bonds. The van der Waals surface area contributed by atoms with E-state index in [1.807, 2.05) is 26.1 Å². The maximum Gasteiger partial charge on any atom is 0.239 e. The molecule has 3 heteroatoms. The Morgan fingerprint density at radius 1 is 1.64 bits per heavy atom. The van der Waals surface area contributed by atoms with Crippen molar-refractivity contribution < 1.29 is 4.74 Å². The highest BCUT2D eigenvalue weighted by Crippen LogP contribution is 2.32. The van der Waals surface area contributed by atoms with Crippen LogP contribution in [0.5, 0.6) is 5.88 Å². The molecule has 0 N–H and O–H groups in total. The molecule has 0 saturated carbocycles. The van der Waals surface area contributed by atoms with E-state index in [2.05, 4.69) is 9.88 Å². The normalized spacial score (nSPS) is 21.3. The van der Waals surface area contributed by atoms with Crippen molar-refractivity contribution in [2.75, 3.05) is 11.9 Å². The molecule has 0 spiro atoms. The molecule has 2 rings (SSSR count). The fourth-order valence-electron chi connectivity index (χ4n) is 1.18. The third kappa shape index (κ3) is 0.843. The van der Waals surface area contributed by atoms with Crippen LogP contribution in [0.15, 0.2) is 18.3 Å². The molecular weight excluding hydrogens is 140 g/mol. The second-order valence-corrected chi connectivity index (χ2v) is 2.66. The van der Waals surface area contributed by atoms with E-state index in [0.29, 0.717) is 0 Å². The maximum atomic E-state index is 5.43. The van der Waals surface area contributed by atoms with E-state index in [1.54, 1.807) is 6.20 Å². The number of aromatic nitrogens is 1. The number of hydrogen-bond acceptors (Lipinski definition) is 3. The standard InChI is InChI=1S/C8H10N2O/c1-6-10(2)7-4-3-5-9-8(7)11-6/h3-6H,1-2H3. The summed E-state index contributed by atoms with van der Waals surface area (Å²) in [5.74, 6) is 0.738. The first-order chi connectivity index (χ1) is 5.29. The summed E-state index contributed by atoms with van der Waals surface area (Å²) in [6, 6.07) is 3.92. The number of hydrogen-bond donors (Lipinski definition) is 0. The van der Waals surface area contributed by atoms with Gasteiger partial charge in [-0.05, 0) is 19.1 Å². The molecule has 2 heterocycles. The average Bonchev–Trinajstić information content (AvgIpc) is 2.30. The van der Waals surface area contributed by atoms with Gasteiger partial charge in [-0.1, -0.05) is 0 Å². The smallest absolute Gasteiger partial charge is 0.239 e. The van der Waals surface area contributed by atoms with Crippen molar-refractivity contribution in [3.63, 3.8) is 0 Å². The van der Waals surface area contributed by atoms with E-state index in [1.165, 1.54) is 0 Å². The van der Waals surface area contributed by atoms with Gasteiger partial charge in [-0.2, -0.15) is 0 Å². The summed E-state index contributed by atoms with van der Waals surface area (Å²) in [6.07, 6.45) is 1.85. The fourth-order valence-corrected chi connectivity index (χ4v) is 1.18. The third-order valence-electron chi connectivity index (χ3n) is 1.96. The van der Waals surface area contributed by atoms with Gasteiger partial charge in [0.2, 0.25) is 5.88 Å². The predicted molar refractivity (Wildman–Crippen MR) is 42.7 cm³/mol. The van der Waals surface area contributed by atoms with Crippen LogP contribution in [0.1, 0.15) is 6.92 Å². The van der Waals surface area contributed by atoms with Gasteiger partial charge in [0, 0.05) is 13.2 Å². The molecule has 1 aromatic rings. The molecule has 0 aromatic carbocycles. The Kier molecular flexibility index (Phi) is 1.24. The Balaban J connectivity index is 2.47. The van der Waals surface area contributed by atoms with E-state index in [-0.39, 0.29) is 6.23 Å². The minimum Gasteiger partial charge on any atom is -0.452 e. The first-order valence-corrected chi connectivity index (χ1v) is 3.63. The SMILES string of the molecule is CC1Oc2ncccc2N1C. The van der Waals surface area contributed by atoms with Crippen molar-refractivity contribution in [1.29, 1.82) is 0 Å². The highest BCUT2D eigenvalue weighted by atomic mass is 16.5. The second kappa shape index (κ2) is 2.12. The van der Waals surface area contributed by atoms with Crippen molar-refractivity contribution >= 4 is 5.69 Å². The van der Waals surface area contributed by atoms with Crippen LogP contribution < -0.4 is 9.64 Å². The van der Waals surface area contributed by atoms with Crippen LogP contribution in [-0.2, 0) is 0 Å². The molecule has 3 nitrogen and oxygen atoms in total. The number of rotatable bonds is 0. The Labute approximate surface area is 65.6 Å². The lowest BCUT2D eigenvalue weighted by atomic mass is 10.4. The molecule has 1 aliphatic heterocycles. The molecule has 1 aliphatic rings. The van der Waals surface area contributed by atoms with E-state index in [9.17, 15) is 0 Å². The van der Waals surface area contributed by atoms with Crippen molar-refractivity contribution in [1.82, 2.24) is 4.98 Å². The molecule has 0 radical (unpaired) electrons. The van der Waals surface area contributed by atoms with Crippen molar-refractivity contribution in [3.05, 3.63) is 18.3 Å². The average molecular weight is 150 g/mol. The molecule has 1 atom stereocenters. The van der Waals surface area contributed by atoms with Gasteiger partial charge in [-0.3, -0.25) is 0 Å². The number of fused-ring (bicyclic) bond motifs is 1. The number of ether oxygens (including phenoxy) is 1. The first-order valence-electron chi connectivity index (χ1n) is 3.63. The number of nitrogens with zero attached hydrogens (tertiary/aromatic N) is 2. The van der Waals surface area contributed by atoms with E-state index in [0.717, 1.165) is 11.6 Å². The molecule has 58 valence electrons. The van der Waals surface area contributed by atoms with Crippen LogP contribution in [0.3, 0.4) is 0 Å². The summed E-state index contributed by atoms with van der Waals surface area (Å²) in [5, 5.41) is 0. The summed E-state index contributed by atoms with van der Waals surface area (Å²) in [6.45, 7) is 2.00. The Hall–Kier alpha value is -1.25. The van der Waals surface area contributed by atoms with Gasteiger partial charge in [-0.25, -0.2) is 4.98 Å². The number of anilines is 1. The van der Waals surface area contributed by atoms with E-state index < -0.39 is 0 Å². The Bertz CT molecular complexity index is 275. The first kappa shape index (κ1) is 6.46. The van der Waals surface area contributed by atoms with Gasteiger partial charge in [0.1, 0.15) is 5.69 Å². The van der Waals surface area contributed by atoms with Crippen LogP contribution in [0.4, 0.5) is 5.69 Å². The largest absolute Gasteiger partial charge is 0.452 e. The summed E-state index contributed by atoms with van der Waals surface area (Å²) >= 11 is 0. The second-order valence-electron chi connectivity index (χ2n) is 2.66. The minimum atomic E-state index is 0.111. The molecule has 0 bridgehead atoms. The molecular formula is C8H10N2O. The van der Waals surface area contributed by atoms with E-state index >= 15 is 0 Å². The van der Waals surface area contributed by atoms with Crippen LogP contribution in [0.25, 0.3) is 0 Å². The monoisotopic (exact) mass is 150 g/mol. The lowest BCUT2D eigenvalue weighted by Crippen LogP contribution is -2.27. The van der Waals surface area contributed by atoms with E-state index in [4.69, 9.17) is 4.74 Å². The zero-order valence-corrected chi connectivity index (χ0v) is 6.61. The van der Waals surface area contributed by atoms with Crippen LogP contribution in [-0.4, -0.2) is 18.3 Å². The fraction of sp³-hybridized carbons (Fsp3) is 0.375. The van der Waals surface area contributed by atoms with Gasteiger partial charge in [0.25, 0.3) is 0 Å². The summed E-state index contributed by atoms with van der Waals surface area (Å²) < 4.78 is 5.43. The molecule has 0 aliphatic carbocycles. The zero-order valence-electron chi connectivity index (χ0n) is 6.61. The van der Waals surface area contributed by atoms with Gasteiger partial charge in [-0.15, -0.1) is 0 Å². The summed E-state index contributed by atoms with van der Waals surface area (Å²) in [5.41, 5.74) is 1.07. The third-order valence-corrected chi connectivity index (χ3v) is 1.96. The zero-order chi connectivity index (χ0) is 7.84. The van der Waals surface area contributed by atoms with Crippen molar-refractivity contribution in [3.8, 4) is 5.88 Å². The highest BCUT2D eigenvalue weighted by molar-refractivity contribution is 5.57. The van der Waals surface area contributed by atoms with Crippen molar-refractivity contribution in [2.24, 2.45) is 0 Å². The van der Waals surface area contributed by atoms with Crippen LogP contribution >= 0.6 is 0 Å². The topological polar surface area (TPSA) is 25.4 Å². The Morgan fingerprint density at radius 3 is 3.18 bits per heavy atom. The van der Waals surface area contributed by atoms with Crippen molar-refractivity contribution in [2.45, 2.75) is 13.2 Å². The van der Waals surface area contributed by atoms with Gasteiger partial charge in [0.15, 0.2) is 6.23 Å². The molecule has 0 fully saturated rings. The summed E-state index contributed by atoms with van der Waals surface area (Å²) in [7, 11) is 2.00. The molecule has 0 saturated heterocycles. The lowest BCUT2D eigenvalue weighted by molar-refractivity contribution is 0.243. The highest BCUT2D eigenvalue weighted by Gasteiger charge is 2.24. The molecule has 1 aromatic heterocycles. The minimum absolute atomic E-state index is 0.111. The summed E-state index contributed by atoms with van der Waals surface area (Å²) in [4.78, 5) is 6.15. The van der Waals surface area contributed by atoms with Crippen LogP contribution in [0, 0.1) is 0 Å². The van der Waals surface area contributed by atoms with Crippen LogP contribution in [0.2, 0.25) is 0 Å². The van der Waals surface area contributed by atoms with Gasteiger partial charge in [0.05, 0.1) is 0 Å². The molecule has 11 heavy (non-hydrogen) atoms. The lowest BCUT2D eigenvalue weighted by Gasteiger charge is -2.14. The molecule has 1 unspecified atom stereocenters.